The largest absolute Gasteiger partial charge is 0.491 e. The van der Waals surface area contributed by atoms with Crippen molar-refractivity contribution in [3.63, 3.8) is 0 Å². The zero-order valence-corrected chi connectivity index (χ0v) is 18.8. The van der Waals surface area contributed by atoms with Gasteiger partial charge >= 0.3 is 0 Å². The van der Waals surface area contributed by atoms with E-state index in [-0.39, 0.29) is 17.9 Å². The molecular weight excluding hydrogens is 388 g/mol. The molecule has 0 unspecified atom stereocenters. The molecule has 2 amide bonds. The smallest absolute Gasteiger partial charge is 0.257 e. The van der Waals surface area contributed by atoms with E-state index in [1.54, 1.807) is 6.92 Å². The first kappa shape index (κ1) is 22.9. The number of carbonyl (C=O) groups excluding carboxylic acids is 2. The number of hydrogen-bond donors (Lipinski definition) is 0. The molecule has 0 aromatic heterocycles. The van der Waals surface area contributed by atoms with E-state index < -0.39 is 0 Å². The number of nitrogens with zero attached hydrogens (tertiary/aromatic N) is 2. The summed E-state index contributed by atoms with van der Waals surface area (Å²) in [7, 11) is 0. The first-order valence-corrected chi connectivity index (χ1v) is 11.4. The molecule has 0 radical (unpaired) electrons. The second kappa shape index (κ2) is 11.5. The van der Waals surface area contributed by atoms with E-state index >= 15 is 0 Å². The first-order valence-electron chi connectivity index (χ1n) is 11.4. The van der Waals surface area contributed by atoms with Crippen LogP contribution in [0.2, 0.25) is 0 Å². The minimum atomic E-state index is -0.0896. The van der Waals surface area contributed by atoms with Crippen LogP contribution in [-0.4, -0.2) is 53.9 Å². The maximum absolute atomic E-state index is 13.2. The van der Waals surface area contributed by atoms with Crippen molar-refractivity contribution in [3.8, 4) is 5.75 Å². The Morgan fingerprint density at radius 2 is 1.65 bits per heavy atom. The van der Waals surface area contributed by atoms with E-state index in [4.69, 9.17) is 4.74 Å². The third-order valence-corrected chi connectivity index (χ3v) is 5.95. The van der Waals surface area contributed by atoms with Crippen molar-refractivity contribution in [1.82, 2.24) is 9.80 Å². The topological polar surface area (TPSA) is 49.9 Å². The second-order valence-electron chi connectivity index (χ2n) is 8.16. The van der Waals surface area contributed by atoms with Gasteiger partial charge in [-0.25, -0.2) is 0 Å². The minimum Gasteiger partial charge on any atom is -0.491 e. The molecule has 1 atom stereocenters. The summed E-state index contributed by atoms with van der Waals surface area (Å²) in [5.74, 6) is 0.668. The molecule has 5 nitrogen and oxygen atoms in total. The highest BCUT2D eigenvalue weighted by Crippen LogP contribution is 2.22. The maximum atomic E-state index is 13.2. The number of ether oxygens (including phenoxy) is 1. The molecule has 0 saturated heterocycles. The maximum Gasteiger partial charge on any atom is 0.257 e. The van der Waals surface area contributed by atoms with Crippen LogP contribution in [0.3, 0.4) is 0 Å². The van der Waals surface area contributed by atoms with E-state index in [9.17, 15) is 9.59 Å². The highest BCUT2D eigenvalue weighted by atomic mass is 16.5. The van der Waals surface area contributed by atoms with Gasteiger partial charge in [0.25, 0.3) is 5.91 Å². The van der Waals surface area contributed by atoms with Gasteiger partial charge in [-0.3, -0.25) is 9.59 Å². The zero-order valence-electron chi connectivity index (χ0n) is 18.8. The molecule has 1 aliphatic heterocycles. The molecule has 0 N–H and O–H groups in total. The normalized spacial score (nSPS) is 18.6. The summed E-state index contributed by atoms with van der Waals surface area (Å²) in [6.07, 6.45) is 4.75. The van der Waals surface area contributed by atoms with Gasteiger partial charge in [-0.2, -0.15) is 0 Å². The Hall–Kier alpha value is -2.82. The molecule has 5 heteroatoms. The summed E-state index contributed by atoms with van der Waals surface area (Å²) in [5, 5.41) is 0. The summed E-state index contributed by atoms with van der Waals surface area (Å²) in [5.41, 5.74) is 1.76. The van der Waals surface area contributed by atoms with Crippen molar-refractivity contribution in [2.75, 3.05) is 26.2 Å². The molecule has 31 heavy (non-hydrogen) atoms. The van der Waals surface area contributed by atoms with E-state index in [0.717, 1.165) is 45.2 Å². The van der Waals surface area contributed by atoms with Crippen LogP contribution in [0.4, 0.5) is 0 Å². The summed E-state index contributed by atoms with van der Waals surface area (Å²) in [6.45, 7) is 6.17. The third-order valence-electron chi connectivity index (χ3n) is 5.95. The highest BCUT2D eigenvalue weighted by Gasteiger charge is 2.24. The molecule has 166 valence electrons. The Bertz CT molecular complexity index is 853. The quantitative estimate of drug-likeness (QED) is 0.729. The lowest BCUT2D eigenvalue weighted by atomic mass is 10.0. The van der Waals surface area contributed by atoms with Gasteiger partial charge in [0.2, 0.25) is 5.91 Å². The van der Waals surface area contributed by atoms with Crippen LogP contribution < -0.4 is 4.74 Å². The number of benzene rings is 2. The zero-order chi connectivity index (χ0) is 22.1. The van der Waals surface area contributed by atoms with Crippen molar-refractivity contribution in [1.29, 1.82) is 0 Å². The van der Waals surface area contributed by atoms with E-state index in [1.165, 1.54) is 5.56 Å². The van der Waals surface area contributed by atoms with Gasteiger partial charge in [0.1, 0.15) is 12.4 Å². The molecular formula is C26H34N2O3. The molecule has 2 aromatic rings. The molecule has 0 fully saturated rings. The summed E-state index contributed by atoms with van der Waals surface area (Å²) in [4.78, 5) is 29.5. The van der Waals surface area contributed by atoms with Crippen LogP contribution in [0, 0.1) is 0 Å². The average Bonchev–Trinajstić information content (AvgIpc) is 2.78. The lowest BCUT2D eigenvalue weighted by Crippen LogP contribution is -2.44. The Morgan fingerprint density at radius 3 is 2.35 bits per heavy atom. The fourth-order valence-electron chi connectivity index (χ4n) is 4.21. The molecule has 2 aromatic carbocycles. The molecule has 1 heterocycles. The molecule has 0 saturated carbocycles. The fraction of sp³-hybridized carbons (Fsp3) is 0.462. The summed E-state index contributed by atoms with van der Waals surface area (Å²) in [6, 6.07) is 17.6. The average molecular weight is 423 g/mol. The molecule has 3 rings (SSSR count). The van der Waals surface area contributed by atoms with Gasteiger partial charge in [-0.15, -0.1) is 0 Å². The molecule has 1 aliphatic rings. The van der Waals surface area contributed by atoms with Crippen LogP contribution in [0.15, 0.2) is 54.6 Å². The first-order chi connectivity index (χ1) is 15.1. The van der Waals surface area contributed by atoms with Crippen molar-refractivity contribution >= 4 is 11.8 Å². The monoisotopic (exact) mass is 422 g/mol. The van der Waals surface area contributed by atoms with E-state index in [2.05, 4.69) is 12.1 Å². The van der Waals surface area contributed by atoms with Crippen molar-refractivity contribution in [3.05, 3.63) is 65.7 Å². The number of hydrogen-bond acceptors (Lipinski definition) is 3. The number of rotatable bonds is 3. The van der Waals surface area contributed by atoms with Gasteiger partial charge < -0.3 is 14.5 Å². The summed E-state index contributed by atoms with van der Waals surface area (Å²) < 4.78 is 6.22. The van der Waals surface area contributed by atoms with Gasteiger partial charge in [0.15, 0.2) is 0 Å². The van der Waals surface area contributed by atoms with Crippen molar-refractivity contribution < 1.29 is 14.3 Å². The van der Waals surface area contributed by atoms with Crippen LogP contribution in [0.5, 0.6) is 5.75 Å². The van der Waals surface area contributed by atoms with E-state index in [1.807, 2.05) is 59.2 Å². The lowest BCUT2D eigenvalue weighted by Gasteiger charge is -2.32. The lowest BCUT2D eigenvalue weighted by molar-refractivity contribution is -0.131. The van der Waals surface area contributed by atoms with Gasteiger partial charge in [-0.05, 0) is 43.9 Å². The van der Waals surface area contributed by atoms with Crippen LogP contribution in [0.1, 0.15) is 55.5 Å². The molecule has 0 bridgehead atoms. The van der Waals surface area contributed by atoms with Crippen molar-refractivity contribution in [2.45, 2.75) is 52.0 Å². The number of para-hydroxylation sites is 1. The Kier molecular flexibility index (Phi) is 8.51. The molecule has 0 aliphatic carbocycles. The van der Waals surface area contributed by atoms with Gasteiger partial charge in [0, 0.05) is 26.6 Å². The number of fused-ring (bicyclic) bond motifs is 1. The van der Waals surface area contributed by atoms with Crippen molar-refractivity contribution in [2.24, 2.45) is 0 Å². The highest BCUT2D eigenvalue weighted by molar-refractivity contribution is 5.96. The van der Waals surface area contributed by atoms with Crippen LogP contribution >= 0.6 is 0 Å². The van der Waals surface area contributed by atoms with Crippen LogP contribution in [0.25, 0.3) is 0 Å². The Morgan fingerprint density at radius 1 is 0.968 bits per heavy atom. The summed E-state index contributed by atoms with van der Waals surface area (Å²) >= 11 is 0. The third kappa shape index (κ3) is 6.33. The van der Waals surface area contributed by atoms with E-state index in [0.29, 0.717) is 24.5 Å². The fourth-order valence-corrected chi connectivity index (χ4v) is 4.21. The standard InChI is InChI=1S/C26H34N2O3/c1-3-27-17-11-4-5-12-18-28(21(2)29)23(19-22-13-7-6-8-14-22)20-31-25-16-10-9-15-24(25)26(27)30/h6-10,13-16,23H,3-5,11-12,17-20H2,1-2H3/t23-/m0/s1. The predicted molar refractivity (Wildman–Crippen MR) is 123 cm³/mol. The number of carbonyl (C=O) groups is 2. The SMILES string of the molecule is CCN1CCCCCCN(C(C)=O)[C@@H](Cc2ccccc2)COc2ccccc2C1=O. The Labute approximate surface area is 186 Å². The Balaban J connectivity index is 1.89. The van der Waals surface area contributed by atoms with Gasteiger partial charge in [-0.1, -0.05) is 55.3 Å². The second-order valence-corrected chi connectivity index (χ2v) is 8.16. The number of amides is 2. The molecule has 0 spiro atoms. The van der Waals surface area contributed by atoms with Gasteiger partial charge in [0.05, 0.1) is 11.6 Å². The minimum absolute atomic E-state index is 0.0122. The predicted octanol–water partition coefficient (Wildman–Crippen LogP) is 4.56. The van der Waals surface area contributed by atoms with Crippen LogP contribution in [-0.2, 0) is 11.2 Å².